The smallest absolute Gasteiger partial charge is 0.249 e. The van der Waals surface area contributed by atoms with Crippen molar-refractivity contribution in [2.24, 2.45) is 0 Å². The molecule has 2 heterocycles. The van der Waals surface area contributed by atoms with Crippen molar-refractivity contribution in [3.8, 4) is 0 Å². The van der Waals surface area contributed by atoms with Crippen molar-refractivity contribution in [1.29, 1.82) is 0 Å². The maximum absolute atomic E-state index is 12.5. The first-order valence-electron chi connectivity index (χ1n) is 7.85. The predicted molar refractivity (Wildman–Crippen MR) is 85.8 cm³/mol. The summed E-state index contributed by atoms with van der Waals surface area (Å²) in [7, 11) is -3.46. The zero-order chi connectivity index (χ0) is 17.2. The van der Waals surface area contributed by atoms with E-state index in [-0.39, 0.29) is 29.0 Å². The summed E-state index contributed by atoms with van der Waals surface area (Å²) in [6.07, 6.45) is 1.53. The summed E-state index contributed by atoms with van der Waals surface area (Å²) in [5.41, 5.74) is 0. The van der Waals surface area contributed by atoms with Crippen LogP contribution in [0.5, 0.6) is 0 Å². The Morgan fingerprint density at radius 1 is 1.33 bits per heavy atom. The summed E-state index contributed by atoms with van der Waals surface area (Å²) in [4.78, 5) is 18.6. The van der Waals surface area contributed by atoms with Gasteiger partial charge in [-0.15, -0.1) is 0 Å². The number of sulfone groups is 1. The predicted octanol–water partition coefficient (Wildman–Crippen LogP) is 1.91. The molecule has 0 aliphatic carbocycles. The van der Waals surface area contributed by atoms with Crippen LogP contribution in [-0.2, 0) is 14.6 Å². The Balaban J connectivity index is 1.66. The number of aryl methyl sites for hydroxylation is 1. The highest BCUT2D eigenvalue weighted by atomic mass is 32.2. The highest BCUT2D eigenvalue weighted by Gasteiger charge is 2.34. The van der Waals surface area contributed by atoms with Gasteiger partial charge in [0.05, 0.1) is 10.6 Å². The summed E-state index contributed by atoms with van der Waals surface area (Å²) in [5, 5.41) is 3.76. The fraction of sp³-hybridized carbons (Fsp3) is 0.438. The third-order valence-electron chi connectivity index (χ3n) is 4.09. The summed E-state index contributed by atoms with van der Waals surface area (Å²) in [6.45, 7) is 2.30. The Kier molecular flexibility index (Phi) is 4.66. The zero-order valence-electron chi connectivity index (χ0n) is 13.4. The van der Waals surface area contributed by atoms with Crippen LogP contribution in [0, 0.1) is 6.92 Å². The number of rotatable bonds is 5. The Morgan fingerprint density at radius 3 is 2.75 bits per heavy atom. The molecular formula is C16H19N3O4S. The van der Waals surface area contributed by atoms with Gasteiger partial charge in [0, 0.05) is 13.0 Å². The number of carbonyl (C=O) groups is 1. The zero-order valence-corrected chi connectivity index (χ0v) is 14.2. The van der Waals surface area contributed by atoms with Gasteiger partial charge in [0.15, 0.2) is 15.7 Å². The van der Waals surface area contributed by atoms with Crippen LogP contribution in [0.2, 0.25) is 0 Å². The largest absolute Gasteiger partial charge is 0.337 e. The van der Waals surface area contributed by atoms with Crippen molar-refractivity contribution in [2.45, 2.75) is 37.1 Å². The maximum atomic E-state index is 12.5. The molecule has 1 aliphatic heterocycles. The fourth-order valence-electron chi connectivity index (χ4n) is 2.88. The lowest BCUT2D eigenvalue weighted by Crippen LogP contribution is -2.32. The molecule has 1 saturated heterocycles. The highest BCUT2D eigenvalue weighted by Crippen LogP contribution is 2.31. The van der Waals surface area contributed by atoms with Gasteiger partial charge in [0.2, 0.25) is 11.8 Å². The van der Waals surface area contributed by atoms with Crippen LogP contribution in [0.1, 0.15) is 37.0 Å². The normalized spacial score (nSPS) is 18.0. The number of benzene rings is 1. The van der Waals surface area contributed by atoms with Crippen molar-refractivity contribution in [3.63, 3.8) is 0 Å². The molecule has 2 aromatic rings. The fourth-order valence-corrected chi connectivity index (χ4v) is 4.13. The van der Waals surface area contributed by atoms with Crippen LogP contribution < -0.4 is 0 Å². The molecule has 7 nitrogen and oxygen atoms in total. The van der Waals surface area contributed by atoms with Gasteiger partial charge >= 0.3 is 0 Å². The quantitative estimate of drug-likeness (QED) is 0.818. The number of aromatic nitrogens is 2. The Bertz CT molecular complexity index is 817. The third-order valence-corrected chi connectivity index (χ3v) is 5.82. The molecule has 8 heteroatoms. The van der Waals surface area contributed by atoms with Crippen LogP contribution in [0.25, 0.3) is 0 Å². The van der Waals surface area contributed by atoms with Crippen molar-refractivity contribution in [3.05, 3.63) is 42.0 Å². The molecule has 1 fully saturated rings. The second-order valence-electron chi connectivity index (χ2n) is 5.81. The maximum Gasteiger partial charge on any atom is 0.249 e. The van der Waals surface area contributed by atoms with Crippen LogP contribution in [0.4, 0.5) is 0 Å². The number of carbonyl (C=O) groups excluding carboxylic acids is 1. The van der Waals surface area contributed by atoms with E-state index in [0.717, 1.165) is 12.8 Å². The minimum absolute atomic E-state index is 0.0547. The van der Waals surface area contributed by atoms with E-state index in [0.29, 0.717) is 18.3 Å². The summed E-state index contributed by atoms with van der Waals surface area (Å²) in [6, 6.07) is 7.93. The molecule has 128 valence electrons. The van der Waals surface area contributed by atoms with Gasteiger partial charge in [0.1, 0.15) is 6.04 Å². The minimum Gasteiger partial charge on any atom is -0.337 e. The molecule has 1 amide bonds. The van der Waals surface area contributed by atoms with Crippen molar-refractivity contribution in [1.82, 2.24) is 15.0 Å². The van der Waals surface area contributed by atoms with E-state index in [2.05, 4.69) is 10.1 Å². The molecule has 0 spiro atoms. The first-order valence-corrected chi connectivity index (χ1v) is 9.50. The van der Waals surface area contributed by atoms with Gasteiger partial charge < -0.3 is 9.42 Å². The van der Waals surface area contributed by atoms with E-state index in [4.69, 9.17) is 4.52 Å². The molecule has 0 radical (unpaired) electrons. The molecule has 0 N–H and O–H groups in total. The topological polar surface area (TPSA) is 93.4 Å². The first kappa shape index (κ1) is 16.6. The second kappa shape index (κ2) is 6.72. The van der Waals surface area contributed by atoms with Gasteiger partial charge in [-0.1, -0.05) is 23.4 Å². The van der Waals surface area contributed by atoms with Crippen molar-refractivity contribution in [2.75, 3.05) is 12.3 Å². The number of amides is 1. The molecule has 1 atom stereocenters. The first-order chi connectivity index (χ1) is 11.5. The number of nitrogens with zero attached hydrogens (tertiary/aromatic N) is 3. The summed E-state index contributed by atoms with van der Waals surface area (Å²) >= 11 is 0. The van der Waals surface area contributed by atoms with E-state index in [9.17, 15) is 13.2 Å². The Labute approximate surface area is 140 Å². The Morgan fingerprint density at radius 2 is 2.08 bits per heavy atom. The van der Waals surface area contributed by atoms with E-state index >= 15 is 0 Å². The SMILES string of the molecule is Cc1noc(C2CCCN2C(=O)CCS(=O)(=O)c2ccccc2)n1. The second-order valence-corrected chi connectivity index (χ2v) is 7.92. The molecule has 1 unspecified atom stereocenters. The summed E-state index contributed by atoms with van der Waals surface area (Å²) < 4.78 is 29.8. The monoisotopic (exact) mass is 349 g/mol. The molecule has 1 aliphatic rings. The molecule has 0 bridgehead atoms. The highest BCUT2D eigenvalue weighted by molar-refractivity contribution is 7.91. The standard InChI is InChI=1S/C16H19N3O4S/c1-12-17-16(23-18-12)14-8-5-10-19(14)15(20)9-11-24(21,22)13-6-3-2-4-7-13/h2-4,6-7,14H,5,8-11H2,1H3. The molecule has 24 heavy (non-hydrogen) atoms. The molecular weight excluding hydrogens is 330 g/mol. The van der Waals surface area contributed by atoms with Crippen molar-refractivity contribution < 1.29 is 17.7 Å². The van der Waals surface area contributed by atoms with E-state index < -0.39 is 9.84 Å². The summed E-state index contributed by atoms with van der Waals surface area (Å²) in [5.74, 6) is 0.537. The van der Waals surface area contributed by atoms with E-state index in [1.165, 1.54) is 0 Å². The van der Waals surface area contributed by atoms with Crippen LogP contribution >= 0.6 is 0 Å². The van der Waals surface area contributed by atoms with E-state index in [1.807, 2.05) is 0 Å². The van der Waals surface area contributed by atoms with E-state index in [1.54, 1.807) is 42.2 Å². The van der Waals surface area contributed by atoms with Crippen LogP contribution in [0.15, 0.2) is 39.8 Å². The minimum atomic E-state index is -3.46. The number of likely N-dealkylation sites (tertiary alicyclic amines) is 1. The van der Waals surface area contributed by atoms with Crippen LogP contribution in [0.3, 0.4) is 0 Å². The third kappa shape index (κ3) is 3.48. The average Bonchev–Trinajstić information content (AvgIpc) is 3.22. The van der Waals surface area contributed by atoms with Crippen LogP contribution in [-0.4, -0.2) is 41.7 Å². The molecule has 1 aromatic carbocycles. The van der Waals surface area contributed by atoms with Crippen molar-refractivity contribution >= 4 is 15.7 Å². The van der Waals surface area contributed by atoms with Gasteiger partial charge in [-0.2, -0.15) is 4.98 Å². The number of hydrogen-bond acceptors (Lipinski definition) is 6. The van der Waals surface area contributed by atoms with Gasteiger partial charge in [-0.25, -0.2) is 8.42 Å². The molecule has 3 rings (SSSR count). The average molecular weight is 349 g/mol. The molecule has 0 saturated carbocycles. The van der Waals surface area contributed by atoms with Gasteiger partial charge in [-0.3, -0.25) is 4.79 Å². The molecule has 1 aromatic heterocycles. The van der Waals surface area contributed by atoms with Gasteiger partial charge in [0.25, 0.3) is 0 Å². The van der Waals surface area contributed by atoms with Gasteiger partial charge in [-0.05, 0) is 31.9 Å². The Hall–Kier alpha value is -2.22. The lowest BCUT2D eigenvalue weighted by atomic mass is 10.2. The lowest BCUT2D eigenvalue weighted by Gasteiger charge is -2.21. The lowest BCUT2D eigenvalue weighted by molar-refractivity contribution is -0.132. The number of hydrogen-bond donors (Lipinski definition) is 0.